The SMILES string of the molecule is Cc1ccc(C)c2c1c(CCN1CCNCC1)cn2CCCN. The summed E-state index contributed by atoms with van der Waals surface area (Å²) >= 11 is 0. The van der Waals surface area contributed by atoms with Crippen molar-refractivity contribution >= 4 is 10.9 Å². The lowest BCUT2D eigenvalue weighted by molar-refractivity contribution is 0.244. The molecule has 0 spiro atoms. The predicted molar refractivity (Wildman–Crippen MR) is 98.1 cm³/mol. The van der Waals surface area contributed by atoms with Gasteiger partial charge in [-0.25, -0.2) is 0 Å². The summed E-state index contributed by atoms with van der Waals surface area (Å²) < 4.78 is 2.43. The normalized spacial score (nSPS) is 16.3. The quantitative estimate of drug-likeness (QED) is 0.858. The fourth-order valence-corrected chi connectivity index (χ4v) is 3.73. The number of nitrogens with zero attached hydrogens (tertiary/aromatic N) is 2. The van der Waals surface area contributed by atoms with Crippen molar-refractivity contribution in [2.45, 2.75) is 33.2 Å². The summed E-state index contributed by atoms with van der Waals surface area (Å²) in [5, 5.41) is 4.90. The zero-order valence-corrected chi connectivity index (χ0v) is 14.6. The van der Waals surface area contributed by atoms with Gasteiger partial charge >= 0.3 is 0 Å². The first-order valence-corrected chi connectivity index (χ1v) is 8.91. The molecule has 0 amide bonds. The highest BCUT2D eigenvalue weighted by atomic mass is 15.2. The number of aryl methyl sites for hydroxylation is 3. The number of piperazine rings is 1. The number of hydrogen-bond acceptors (Lipinski definition) is 3. The topological polar surface area (TPSA) is 46.2 Å². The third kappa shape index (κ3) is 3.60. The maximum atomic E-state index is 5.73. The van der Waals surface area contributed by atoms with E-state index < -0.39 is 0 Å². The van der Waals surface area contributed by atoms with E-state index in [4.69, 9.17) is 5.73 Å². The Balaban J connectivity index is 1.87. The van der Waals surface area contributed by atoms with Gasteiger partial charge in [-0.3, -0.25) is 0 Å². The molecule has 3 N–H and O–H groups in total. The highest BCUT2D eigenvalue weighted by molar-refractivity contribution is 5.89. The van der Waals surface area contributed by atoms with Crippen molar-refractivity contribution in [1.29, 1.82) is 0 Å². The summed E-state index contributed by atoms with van der Waals surface area (Å²) in [7, 11) is 0. The number of hydrogen-bond donors (Lipinski definition) is 2. The summed E-state index contributed by atoms with van der Waals surface area (Å²) in [5.74, 6) is 0. The van der Waals surface area contributed by atoms with Crippen molar-refractivity contribution in [3.05, 3.63) is 35.0 Å². The van der Waals surface area contributed by atoms with Gasteiger partial charge in [0.1, 0.15) is 0 Å². The molecule has 1 aliphatic rings. The Morgan fingerprint density at radius 3 is 2.57 bits per heavy atom. The van der Waals surface area contributed by atoms with Crippen LogP contribution in [0.3, 0.4) is 0 Å². The van der Waals surface area contributed by atoms with Crippen molar-refractivity contribution in [1.82, 2.24) is 14.8 Å². The fourth-order valence-electron chi connectivity index (χ4n) is 3.73. The second-order valence-electron chi connectivity index (χ2n) is 6.75. The minimum Gasteiger partial charge on any atom is -0.347 e. The van der Waals surface area contributed by atoms with Crippen LogP contribution in [-0.4, -0.2) is 48.7 Å². The molecule has 126 valence electrons. The lowest BCUT2D eigenvalue weighted by Gasteiger charge is -2.27. The summed E-state index contributed by atoms with van der Waals surface area (Å²) in [6.07, 6.45) is 4.55. The van der Waals surface area contributed by atoms with Crippen LogP contribution in [0, 0.1) is 13.8 Å². The minimum atomic E-state index is 0.751. The molecule has 4 nitrogen and oxygen atoms in total. The Bertz CT molecular complexity index is 653. The molecule has 3 rings (SSSR count). The van der Waals surface area contributed by atoms with Gasteiger partial charge in [-0.05, 0) is 49.9 Å². The Hall–Kier alpha value is -1.36. The van der Waals surface area contributed by atoms with Crippen LogP contribution >= 0.6 is 0 Å². The van der Waals surface area contributed by atoms with Crippen molar-refractivity contribution < 1.29 is 0 Å². The van der Waals surface area contributed by atoms with Crippen LogP contribution in [0.4, 0.5) is 0 Å². The van der Waals surface area contributed by atoms with Crippen molar-refractivity contribution in [2.24, 2.45) is 5.73 Å². The Morgan fingerprint density at radius 2 is 1.83 bits per heavy atom. The highest BCUT2D eigenvalue weighted by Crippen LogP contribution is 2.28. The van der Waals surface area contributed by atoms with E-state index in [2.05, 4.69) is 47.0 Å². The van der Waals surface area contributed by atoms with Crippen LogP contribution in [0.1, 0.15) is 23.1 Å². The summed E-state index contributed by atoms with van der Waals surface area (Å²) in [5.41, 5.74) is 11.4. The van der Waals surface area contributed by atoms with Crippen LogP contribution < -0.4 is 11.1 Å². The average Bonchev–Trinajstić information content (AvgIpc) is 2.95. The number of aromatic nitrogens is 1. The first kappa shape index (κ1) is 16.5. The smallest absolute Gasteiger partial charge is 0.0515 e. The molecule has 2 heterocycles. The molecule has 1 aromatic carbocycles. The standard InChI is InChI=1S/C19H30N4/c1-15-4-5-16(2)19-18(15)17(14-23(19)10-3-7-20)6-11-22-12-8-21-9-13-22/h4-5,14,21H,3,6-13,20H2,1-2H3. The monoisotopic (exact) mass is 314 g/mol. The maximum Gasteiger partial charge on any atom is 0.0515 e. The van der Waals surface area contributed by atoms with E-state index in [-0.39, 0.29) is 0 Å². The molecule has 0 atom stereocenters. The molecule has 4 heteroatoms. The van der Waals surface area contributed by atoms with Gasteiger partial charge in [-0.1, -0.05) is 12.1 Å². The Morgan fingerprint density at radius 1 is 1.09 bits per heavy atom. The summed E-state index contributed by atoms with van der Waals surface area (Å²) in [6, 6.07) is 4.51. The molecule has 2 aromatic rings. The second-order valence-corrected chi connectivity index (χ2v) is 6.75. The van der Waals surface area contributed by atoms with Crippen molar-refractivity contribution in [3.63, 3.8) is 0 Å². The number of rotatable bonds is 6. The third-order valence-corrected chi connectivity index (χ3v) is 5.02. The van der Waals surface area contributed by atoms with E-state index in [1.54, 1.807) is 0 Å². The molecular weight excluding hydrogens is 284 g/mol. The van der Waals surface area contributed by atoms with Gasteiger partial charge in [-0.15, -0.1) is 0 Å². The molecule has 0 bridgehead atoms. The molecule has 0 unspecified atom stereocenters. The summed E-state index contributed by atoms with van der Waals surface area (Å²) in [6.45, 7) is 12.0. The third-order valence-electron chi connectivity index (χ3n) is 5.02. The molecule has 0 radical (unpaired) electrons. The zero-order chi connectivity index (χ0) is 16.2. The van der Waals surface area contributed by atoms with E-state index in [9.17, 15) is 0 Å². The predicted octanol–water partition coefficient (Wildman–Crippen LogP) is 2.05. The number of nitrogens with two attached hydrogens (primary N) is 1. The number of benzene rings is 1. The number of fused-ring (bicyclic) bond motifs is 1. The van der Waals surface area contributed by atoms with Crippen LogP contribution in [0.25, 0.3) is 10.9 Å². The maximum absolute atomic E-state index is 5.73. The molecule has 1 aromatic heterocycles. The zero-order valence-electron chi connectivity index (χ0n) is 14.6. The molecule has 1 fully saturated rings. The van der Waals surface area contributed by atoms with E-state index in [0.717, 1.165) is 45.6 Å². The van der Waals surface area contributed by atoms with Crippen LogP contribution in [-0.2, 0) is 13.0 Å². The second kappa shape index (κ2) is 7.47. The van der Waals surface area contributed by atoms with Gasteiger partial charge in [0.05, 0.1) is 5.52 Å². The Kier molecular flexibility index (Phi) is 5.36. The lowest BCUT2D eigenvalue weighted by atomic mass is 10.0. The van der Waals surface area contributed by atoms with Crippen LogP contribution in [0.15, 0.2) is 18.3 Å². The average molecular weight is 314 g/mol. The first-order valence-electron chi connectivity index (χ1n) is 8.91. The van der Waals surface area contributed by atoms with Gasteiger partial charge in [0.25, 0.3) is 0 Å². The van der Waals surface area contributed by atoms with E-state index in [1.165, 1.54) is 40.7 Å². The minimum absolute atomic E-state index is 0.751. The summed E-state index contributed by atoms with van der Waals surface area (Å²) in [4.78, 5) is 2.57. The number of nitrogens with one attached hydrogen (secondary N) is 1. The van der Waals surface area contributed by atoms with Gasteiger partial charge < -0.3 is 20.5 Å². The largest absolute Gasteiger partial charge is 0.347 e. The highest BCUT2D eigenvalue weighted by Gasteiger charge is 2.15. The van der Waals surface area contributed by atoms with Crippen molar-refractivity contribution in [3.8, 4) is 0 Å². The van der Waals surface area contributed by atoms with E-state index in [1.807, 2.05) is 0 Å². The lowest BCUT2D eigenvalue weighted by Crippen LogP contribution is -2.44. The molecule has 0 saturated carbocycles. The van der Waals surface area contributed by atoms with Gasteiger partial charge in [-0.2, -0.15) is 0 Å². The van der Waals surface area contributed by atoms with Crippen LogP contribution in [0.2, 0.25) is 0 Å². The fraction of sp³-hybridized carbons (Fsp3) is 0.579. The molecule has 23 heavy (non-hydrogen) atoms. The molecule has 1 aliphatic heterocycles. The molecule has 0 aliphatic carbocycles. The van der Waals surface area contributed by atoms with Crippen molar-refractivity contribution in [2.75, 3.05) is 39.3 Å². The van der Waals surface area contributed by atoms with E-state index >= 15 is 0 Å². The van der Waals surface area contributed by atoms with Crippen LogP contribution in [0.5, 0.6) is 0 Å². The van der Waals surface area contributed by atoms with E-state index in [0.29, 0.717) is 0 Å². The molecule has 1 saturated heterocycles. The van der Waals surface area contributed by atoms with Gasteiger partial charge in [0, 0.05) is 50.9 Å². The van der Waals surface area contributed by atoms with Gasteiger partial charge in [0.15, 0.2) is 0 Å². The first-order chi connectivity index (χ1) is 11.2. The van der Waals surface area contributed by atoms with Gasteiger partial charge in [0.2, 0.25) is 0 Å². The molecular formula is C19H30N4. The Labute approximate surface area is 139 Å².